The van der Waals surface area contributed by atoms with Crippen LogP contribution in [0.15, 0.2) is 54.6 Å². The molecule has 0 atom stereocenters. The van der Waals surface area contributed by atoms with E-state index in [0.29, 0.717) is 5.56 Å². The van der Waals surface area contributed by atoms with Gasteiger partial charge < -0.3 is 15.3 Å². The zero-order valence-electron chi connectivity index (χ0n) is 11.8. The van der Waals surface area contributed by atoms with Gasteiger partial charge in [0, 0.05) is 43.4 Å². The predicted molar refractivity (Wildman–Crippen MR) is 73.8 cm³/mol. The van der Waals surface area contributed by atoms with Crippen molar-refractivity contribution >= 4 is 17.9 Å². The molecule has 0 unspecified atom stereocenters. The molecule has 0 aliphatic carbocycles. The van der Waals surface area contributed by atoms with Gasteiger partial charge in [0.15, 0.2) is 0 Å². The molecule has 6 nitrogen and oxygen atoms in total. The van der Waals surface area contributed by atoms with Crippen LogP contribution in [0.3, 0.4) is 0 Å². The monoisotopic (exact) mass is 384 g/mol. The molecule has 0 saturated carbocycles. The Labute approximate surface area is 161 Å². The van der Waals surface area contributed by atoms with Crippen LogP contribution in [0.1, 0.15) is 31.1 Å². The van der Waals surface area contributed by atoms with Crippen molar-refractivity contribution in [2.75, 3.05) is 0 Å². The summed E-state index contributed by atoms with van der Waals surface area (Å²) in [5.74, 6) is -3.34. The van der Waals surface area contributed by atoms with Crippen LogP contribution < -0.4 is 0 Å². The second kappa shape index (κ2) is 11.8. The van der Waals surface area contributed by atoms with Crippen LogP contribution in [0, 0.1) is 0 Å². The predicted octanol–water partition coefficient (Wildman–Crippen LogP) is 2.46. The van der Waals surface area contributed by atoms with E-state index in [0.717, 1.165) is 0 Å². The summed E-state index contributed by atoms with van der Waals surface area (Å²) in [6.45, 7) is 0. The molecule has 0 aliphatic rings. The quantitative estimate of drug-likeness (QED) is 0.702. The first kappa shape index (κ1) is 23.5. The maximum atomic E-state index is 10.5. The number of carboxylic acid groups (broad SMARTS) is 3. The first-order valence-corrected chi connectivity index (χ1v) is 5.77. The van der Waals surface area contributed by atoms with Gasteiger partial charge in [-0.15, -0.1) is 0 Å². The van der Waals surface area contributed by atoms with E-state index in [9.17, 15) is 14.4 Å². The minimum absolute atomic E-state index is 0. The summed E-state index contributed by atoms with van der Waals surface area (Å²) >= 11 is 0. The van der Waals surface area contributed by atoms with E-state index >= 15 is 0 Å². The van der Waals surface area contributed by atoms with Crippen LogP contribution in [-0.2, 0) is 43.4 Å². The third kappa shape index (κ3) is 7.90. The van der Waals surface area contributed by atoms with Gasteiger partial charge >= 0.3 is 17.9 Å². The van der Waals surface area contributed by atoms with E-state index in [1.165, 1.54) is 24.3 Å². The van der Waals surface area contributed by atoms with Crippen LogP contribution in [0.5, 0.6) is 0 Å². The summed E-state index contributed by atoms with van der Waals surface area (Å²) in [7, 11) is 0. The Morgan fingerprint density at radius 1 is 0.565 bits per heavy atom. The van der Waals surface area contributed by atoms with Crippen molar-refractivity contribution in [2.24, 2.45) is 0 Å². The molecule has 2 aromatic rings. The number of hydrogen-bond acceptors (Lipinski definition) is 3. The summed E-state index contributed by atoms with van der Waals surface area (Å²) in [6.07, 6.45) is 0. The van der Waals surface area contributed by atoms with Gasteiger partial charge in [-0.2, -0.15) is 0 Å². The molecule has 0 fully saturated rings. The maximum Gasteiger partial charge on any atom is 0.336 e. The zero-order valence-corrected chi connectivity index (χ0v) is 14.9. The van der Waals surface area contributed by atoms with Crippen molar-refractivity contribution in [3.05, 3.63) is 71.3 Å². The van der Waals surface area contributed by atoms with Gasteiger partial charge in [-0.3, -0.25) is 0 Å². The van der Waals surface area contributed by atoms with Crippen molar-refractivity contribution in [3.63, 3.8) is 0 Å². The molecular weight excluding hydrogens is 372 g/mol. The number of benzene rings is 2. The molecule has 2 rings (SSSR count). The van der Waals surface area contributed by atoms with Gasteiger partial charge in [-0.25, -0.2) is 14.4 Å². The zero-order chi connectivity index (χ0) is 15.8. The Morgan fingerprint density at radius 2 is 0.913 bits per heavy atom. The van der Waals surface area contributed by atoms with E-state index in [4.69, 9.17) is 15.3 Å². The van der Waals surface area contributed by atoms with Crippen molar-refractivity contribution in [1.29, 1.82) is 0 Å². The third-order valence-electron chi connectivity index (χ3n) is 2.41. The fourth-order valence-corrected chi connectivity index (χ4v) is 1.44. The standard InChI is InChI=1S/C8H6O4.C7H6O2.2Ti/c9-7(10)5-3-1-2-4-6(5)8(11)12;8-7(9)6-4-2-1-3-5-6;;/h1-4H,(H,9,10)(H,11,12);1-5H,(H,8,9);;. The normalized spacial score (nSPS) is 8.35. The molecule has 0 saturated heterocycles. The van der Waals surface area contributed by atoms with Crippen molar-refractivity contribution in [1.82, 2.24) is 0 Å². The summed E-state index contributed by atoms with van der Waals surface area (Å²) < 4.78 is 0. The molecule has 0 aliphatic heterocycles. The number of carbonyl (C=O) groups is 3. The fraction of sp³-hybridized carbons (Fsp3) is 0. The van der Waals surface area contributed by atoms with Crippen molar-refractivity contribution in [2.45, 2.75) is 0 Å². The molecule has 3 N–H and O–H groups in total. The SMILES string of the molecule is O=C(O)c1ccccc1.O=C(O)c1ccccc1C(=O)O.[Ti].[Ti]. The van der Waals surface area contributed by atoms with Crippen LogP contribution in [0.4, 0.5) is 0 Å². The third-order valence-corrected chi connectivity index (χ3v) is 2.41. The van der Waals surface area contributed by atoms with Gasteiger partial charge in [-0.05, 0) is 24.3 Å². The number of hydrogen-bond donors (Lipinski definition) is 3. The van der Waals surface area contributed by atoms with Gasteiger partial charge in [0.25, 0.3) is 0 Å². The Kier molecular flexibility index (Phi) is 12.1. The van der Waals surface area contributed by atoms with Crippen LogP contribution in [0.2, 0.25) is 0 Å². The van der Waals surface area contributed by atoms with E-state index in [1.54, 1.807) is 30.3 Å². The number of aromatic carboxylic acids is 3. The van der Waals surface area contributed by atoms with Crippen molar-refractivity contribution < 1.29 is 73.1 Å². The minimum atomic E-state index is -1.23. The average Bonchev–Trinajstić information content (AvgIpc) is 2.48. The first-order chi connectivity index (χ1) is 9.93. The number of carboxylic acids is 3. The molecule has 0 amide bonds. The topological polar surface area (TPSA) is 112 Å². The second-order valence-electron chi connectivity index (χ2n) is 3.83. The van der Waals surface area contributed by atoms with Gasteiger partial charge in [0.2, 0.25) is 0 Å². The van der Waals surface area contributed by atoms with Crippen LogP contribution >= 0.6 is 0 Å². The van der Waals surface area contributed by atoms with E-state index in [1.807, 2.05) is 0 Å². The molecule has 23 heavy (non-hydrogen) atoms. The van der Waals surface area contributed by atoms with E-state index in [2.05, 4.69) is 0 Å². The first-order valence-electron chi connectivity index (χ1n) is 5.77. The van der Waals surface area contributed by atoms with Crippen molar-refractivity contribution in [3.8, 4) is 0 Å². The fourth-order valence-electron chi connectivity index (χ4n) is 1.44. The molecular formula is C15H12O6Ti2. The van der Waals surface area contributed by atoms with Gasteiger partial charge in [0.05, 0.1) is 16.7 Å². The summed E-state index contributed by atoms with van der Waals surface area (Å²) in [4.78, 5) is 31.1. The Bertz CT molecular complexity index is 625. The molecule has 0 aromatic heterocycles. The van der Waals surface area contributed by atoms with Crippen LogP contribution in [0.25, 0.3) is 0 Å². The largest absolute Gasteiger partial charge is 0.478 e. The molecule has 8 heteroatoms. The minimum Gasteiger partial charge on any atom is -0.478 e. The summed E-state index contributed by atoms with van der Waals surface area (Å²) in [5.41, 5.74) is -0.0486. The van der Waals surface area contributed by atoms with Gasteiger partial charge in [-0.1, -0.05) is 30.3 Å². The van der Waals surface area contributed by atoms with Crippen LogP contribution in [-0.4, -0.2) is 33.2 Å². The molecule has 0 radical (unpaired) electrons. The summed E-state index contributed by atoms with van der Waals surface area (Å²) in [5, 5.41) is 25.5. The Balaban J connectivity index is 0. The Hall–Kier alpha value is -1.72. The molecule has 0 spiro atoms. The van der Waals surface area contributed by atoms with E-state index in [-0.39, 0.29) is 54.6 Å². The molecule has 116 valence electrons. The molecule has 2 aromatic carbocycles. The molecule has 0 bridgehead atoms. The summed E-state index contributed by atoms with van der Waals surface area (Å²) in [6, 6.07) is 13.8. The maximum absolute atomic E-state index is 10.5. The smallest absolute Gasteiger partial charge is 0.336 e. The van der Waals surface area contributed by atoms with Gasteiger partial charge in [0.1, 0.15) is 0 Å². The Morgan fingerprint density at radius 3 is 1.17 bits per heavy atom. The molecule has 0 heterocycles. The number of rotatable bonds is 3. The average molecular weight is 384 g/mol. The van der Waals surface area contributed by atoms with E-state index < -0.39 is 17.9 Å². The second-order valence-corrected chi connectivity index (χ2v) is 3.83.